The number of hydrogen-bond donors (Lipinski definition) is 1. The van der Waals surface area contributed by atoms with E-state index >= 15 is 0 Å². The molecule has 18 heavy (non-hydrogen) atoms. The highest BCUT2D eigenvalue weighted by Gasteiger charge is 2.12. The van der Waals surface area contributed by atoms with Crippen LogP contribution in [0.1, 0.15) is 44.9 Å². The van der Waals surface area contributed by atoms with Crippen LogP contribution < -0.4 is 5.32 Å². The second-order valence-corrected chi connectivity index (χ2v) is 4.99. The molecule has 1 fully saturated rings. The molecule has 0 amide bonds. The minimum Gasteiger partial charge on any atom is -0.382 e. The number of hydrogen-bond acceptors (Lipinski definition) is 3. The Balaban J connectivity index is 1.98. The summed E-state index contributed by atoms with van der Waals surface area (Å²) in [5.74, 6) is 0. The molecule has 0 spiro atoms. The number of benzene rings is 1. The fourth-order valence-electron chi connectivity index (χ4n) is 2.55. The zero-order valence-corrected chi connectivity index (χ0v) is 10.6. The lowest BCUT2D eigenvalue weighted by atomic mass is 9.96. The van der Waals surface area contributed by atoms with Gasteiger partial charge in [-0.3, -0.25) is 10.1 Å². The van der Waals surface area contributed by atoms with Gasteiger partial charge in [0, 0.05) is 23.9 Å². The highest BCUT2D eigenvalue weighted by atomic mass is 16.6. The molecule has 1 saturated carbocycles. The lowest BCUT2D eigenvalue weighted by Gasteiger charge is -2.22. The molecule has 0 radical (unpaired) electrons. The molecule has 0 heterocycles. The highest BCUT2D eigenvalue weighted by molar-refractivity contribution is 5.51. The Morgan fingerprint density at radius 3 is 2.44 bits per heavy atom. The summed E-state index contributed by atoms with van der Waals surface area (Å²) in [5.41, 5.74) is 1.03. The van der Waals surface area contributed by atoms with Gasteiger partial charge in [0.25, 0.3) is 5.69 Å². The van der Waals surface area contributed by atoms with Crippen LogP contribution in [0.25, 0.3) is 0 Å². The van der Waals surface area contributed by atoms with Gasteiger partial charge in [0.05, 0.1) is 4.92 Å². The number of nitrogens with one attached hydrogen (secondary N) is 1. The van der Waals surface area contributed by atoms with Crippen molar-refractivity contribution in [2.24, 2.45) is 0 Å². The van der Waals surface area contributed by atoms with Gasteiger partial charge >= 0.3 is 0 Å². The third-order valence-electron chi connectivity index (χ3n) is 3.53. The quantitative estimate of drug-likeness (QED) is 0.646. The molecule has 0 saturated heterocycles. The molecule has 0 aromatic heterocycles. The molecule has 0 atom stereocenters. The summed E-state index contributed by atoms with van der Waals surface area (Å²) in [6.07, 6.45) is 8.83. The minimum absolute atomic E-state index is 0.158. The lowest BCUT2D eigenvalue weighted by molar-refractivity contribution is -0.384. The van der Waals surface area contributed by atoms with Crippen LogP contribution in [0.5, 0.6) is 0 Å². The van der Waals surface area contributed by atoms with Crippen LogP contribution >= 0.6 is 0 Å². The van der Waals surface area contributed by atoms with E-state index in [1.165, 1.54) is 51.0 Å². The van der Waals surface area contributed by atoms with E-state index in [1.54, 1.807) is 12.1 Å². The summed E-state index contributed by atoms with van der Waals surface area (Å²) in [6, 6.07) is 7.27. The minimum atomic E-state index is -0.344. The van der Waals surface area contributed by atoms with Crippen molar-refractivity contribution < 1.29 is 4.92 Å². The van der Waals surface area contributed by atoms with Crippen molar-refractivity contribution >= 4 is 11.4 Å². The second-order valence-electron chi connectivity index (χ2n) is 4.99. The van der Waals surface area contributed by atoms with Crippen LogP contribution in [-0.2, 0) is 0 Å². The standard InChI is InChI=1S/C14H20N2O2/c17-16(18)14-10-6-9-13(11-14)15-12-7-4-2-1-3-5-8-12/h6,9-12,15H,1-5,7-8H2. The summed E-state index contributed by atoms with van der Waals surface area (Å²) in [4.78, 5) is 10.4. The number of nitro benzene ring substituents is 1. The molecule has 4 nitrogen and oxygen atoms in total. The molecule has 0 unspecified atom stereocenters. The van der Waals surface area contributed by atoms with Gasteiger partial charge in [-0.1, -0.05) is 38.2 Å². The molecular formula is C14H20N2O2. The van der Waals surface area contributed by atoms with Crippen LogP contribution in [0.15, 0.2) is 24.3 Å². The van der Waals surface area contributed by atoms with Crippen molar-refractivity contribution in [1.82, 2.24) is 0 Å². The van der Waals surface area contributed by atoms with Gasteiger partial charge in [-0.05, 0) is 18.9 Å². The van der Waals surface area contributed by atoms with Crippen molar-refractivity contribution in [2.45, 2.75) is 51.0 Å². The summed E-state index contributed by atoms with van der Waals surface area (Å²) >= 11 is 0. The number of rotatable bonds is 3. The van der Waals surface area contributed by atoms with Crippen molar-refractivity contribution in [3.63, 3.8) is 0 Å². The average Bonchev–Trinajstić information content (AvgIpc) is 2.33. The molecule has 1 aromatic rings. The Bertz CT molecular complexity index is 399. The largest absolute Gasteiger partial charge is 0.382 e. The van der Waals surface area contributed by atoms with Crippen LogP contribution in [0, 0.1) is 10.1 Å². The van der Waals surface area contributed by atoms with E-state index in [0.29, 0.717) is 6.04 Å². The molecule has 1 aliphatic carbocycles. The molecule has 1 aliphatic rings. The highest BCUT2D eigenvalue weighted by Crippen LogP contribution is 2.23. The Labute approximate surface area is 108 Å². The third kappa shape index (κ3) is 3.72. The first-order valence-electron chi connectivity index (χ1n) is 6.77. The van der Waals surface area contributed by atoms with Crippen LogP contribution in [-0.4, -0.2) is 11.0 Å². The molecule has 1 N–H and O–H groups in total. The second kappa shape index (κ2) is 6.38. The fourth-order valence-corrected chi connectivity index (χ4v) is 2.55. The smallest absolute Gasteiger partial charge is 0.271 e. The summed E-state index contributed by atoms with van der Waals surface area (Å²) < 4.78 is 0. The summed E-state index contributed by atoms with van der Waals surface area (Å²) in [7, 11) is 0. The number of nitro groups is 1. The van der Waals surface area contributed by atoms with E-state index in [9.17, 15) is 10.1 Å². The van der Waals surface area contributed by atoms with Gasteiger partial charge in [-0.15, -0.1) is 0 Å². The first-order valence-corrected chi connectivity index (χ1v) is 6.77. The normalized spacial score (nSPS) is 17.8. The molecule has 98 valence electrons. The van der Waals surface area contributed by atoms with Crippen molar-refractivity contribution in [3.8, 4) is 0 Å². The van der Waals surface area contributed by atoms with Gasteiger partial charge < -0.3 is 5.32 Å². The maximum absolute atomic E-state index is 10.7. The number of nitrogens with zero attached hydrogens (tertiary/aromatic N) is 1. The Kier molecular flexibility index (Phi) is 4.56. The van der Waals surface area contributed by atoms with Crippen molar-refractivity contribution in [2.75, 3.05) is 5.32 Å². The van der Waals surface area contributed by atoms with E-state index in [2.05, 4.69) is 5.32 Å². The van der Waals surface area contributed by atoms with E-state index in [-0.39, 0.29) is 10.6 Å². The Morgan fingerprint density at radius 1 is 1.11 bits per heavy atom. The van der Waals surface area contributed by atoms with Gasteiger partial charge in [0.1, 0.15) is 0 Å². The van der Waals surface area contributed by atoms with Gasteiger partial charge in [0.2, 0.25) is 0 Å². The monoisotopic (exact) mass is 248 g/mol. The van der Waals surface area contributed by atoms with Crippen LogP contribution in [0.3, 0.4) is 0 Å². The summed E-state index contributed by atoms with van der Waals surface area (Å²) in [5, 5.41) is 14.2. The number of anilines is 1. The van der Waals surface area contributed by atoms with Crippen molar-refractivity contribution in [1.29, 1.82) is 0 Å². The maximum Gasteiger partial charge on any atom is 0.271 e. The topological polar surface area (TPSA) is 55.2 Å². The summed E-state index contributed by atoms with van der Waals surface area (Å²) in [6.45, 7) is 0. The van der Waals surface area contributed by atoms with Gasteiger partial charge in [-0.2, -0.15) is 0 Å². The Morgan fingerprint density at radius 2 is 1.78 bits per heavy atom. The van der Waals surface area contributed by atoms with Crippen molar-refractivity contribution in [3.05, 3.63) is 34.4 Å². The van der Waals surface area contributed by atoms with E-state index in [0.717, 1.165) is 5.69 Å². The number of non-ortho nitro benzene ring substituents is 1. The van der Waals surface area contributed by atoms with E-state index in [4.69, 9.17) is 0 Å². The first kappa shape index (κ1) is 12.9. The maximum atomic E-state index is 10.7. The third-order valence-corrected chi connectivity index (χ3v) is 3.53. The van der Waals surface area contributed by atoms with E-state index in [1.807, 2.05) is 6.07 Å². The lowest BCUT2D eigenvalue weighted by Crippen LogP contribution is -2.20. The molecule has 0 bridgehead atoms. The first-order chi connectivity index (χ1) is 8.75. The molecule has 2 rings (SSSR count). The Hall–Kier alpha value is -1.58. The molecule has 1 aromatic carbocycles. The zero-order valence-electron chi connectivity index (χ0n) is 10.6. The predicted octanol–water partition coefficient (Wildman–Crippen LogP) is 4.12. The SMILES string of the molecule is O=[N+]([O-])c1cccc(NC2CCCCCCC2)c1. The van der Waals surface area contributed by atoms with E-state index < -0.39 is 0 Å². The molecule has 4 heteroatoms. The average molecular weight is 248 g/mol. The predicted molar refractivity (Wildman–Crippen MR) is 72.8 cm³/mol. The van der Waals surface area contributed by atoms with Gasteiger partial charge in [-0.25, -0.2) is 0 Å². The van der Waals surface area contributed by atoms with Crippen LogP contribution in [0.4, 0.5) is 11.4 Å². The zero-order chi connectivity index (χ0) is 12.8. The van der Waals surface area contributed by atoms with Crippen LogP contribution in [0.2, 0.25) is 0 Å². The van der Waals surface area contributed by atoms with Gasteiger partial charge in [0.15, 0.2) is 0 Å². The molecular weight excluding hydrogens is 228 g/mol. The fraction of sp³-hybridized carbons (Fsp3) is 0.571. The molecule has 0 aliphatic heterocycles.